The number of rotatable bonds is 2. The highest BCUT2D eigenvalue weighted by Gasteiger charge is 2.10. The van der Waals surface area contributed by atoms with Gasteiger partial charge in [-0.05, 0) is 42.7 Å². The standard InChI is InChI=1S/C11H13ClO/c1-7(2)11(13)10-6-9(12)5-4-8(10)3/h4-6,11,13H,1H2,2-3H3. The third-order valence-corrected chi connectivity index (χ3v) is 2.24. The Hall–Kier alpha value is -0.790. The van der Waals surface area contributed by atoms with Crippen LogP contribution in [0.3, 0.4) is 0 Å². The minimum Gasteiger partial charge on any atom is -0.384 e. The van der Waals surface area contributed by atoms with Crippen LogP contribution >= 0.6 is 11.6 Å². The smallest absolute Gasteiger partial charge is 0.0998 e. The molecule has 1 aromatic carbocycles. The molecule has 0 radical (unpaired) electrons. The van der Waals surface area contributed by atoms with Gasteiger partial charge >= 0.3 is 0 Å². The molecule has 0 aliphatic carbocycles. The number of aliphatic hydroxyl groups excluding tert-OH is 1. The quantitative estimate of drug-likeness (QED) is 0.720. The molecule has 0 amide bonds. The average Bonchev–Trinajstić information content (AvgIpc) is 2.08. The predicted octanol–water partition coefficient (Wildman–Crippen LogP) is 3.26. The van der Waals surface area contributed by atoms with E-state index in [9.17, 15) is 5.11 Å². The molecule has 0 spiro atoms. The van der Waals surface area contributed by atoms with Crippen LogP contribution in [-0.2, 0) is 0 Å². The topological polar surface area (TPSA) is 20.2 Å². The largest absolute Gasteiger partial charge is 0.384 e. The number of aryl methyl sites for hydroxylation is 1. The molecule has 0 saturated heterocycles. The lowest BCUT2D eigenvalue weighted by molar-refractivity contribution is 0.215. The molecule has 1 N–H and O–H groups in total. The SMILES string of the molecule is C=C(C)C(O)c1cc(Cl)ccc1C. The van der Waals surface area contributed by atoms with Crippen molar-refractivity contribution >= 4 is 11.6 Å². The monoisotopic (exact) mass is 196 g/mol. The van der Waals surface area contributed by atoms with Crippen LogP contribution in [-0.4, -0.2) is 5.11 Å². The van der Waals surface area contributed by atoms with Crippen LogP contribution in [0.5, 0.6) is 0 Å². The second kappa shape index (κ2) is 3.95. The van der Waals surface area contributed by atoms with Crippen LogP contribution in [0.25, 0.3) is 0 Å². The Labute approximate surface area is 83.7 Å². The summed E-state index contributed by atoms with van der Waals surface area (Å²) in [6.45, 7) is 7.45. The average molecular weight is 197 g/mol. The first-order valence-electron chi connectivity index (χ1n) is 4.12. The van der Waals surface area contributed by atoms with Crippen molar-refractivity contribution in [3.8, 4) is 0 Å². The van der Waals surface area contributed by atoms with E-state index in [0.29, 0.717) is 5.02 Å². The van der Waals surface area contributed by atoms with E-state index < -0.39 is 6.10 Å². The van der Waals surface area contributed by atoms with Crippen LogP contribution in [0.1, 0.15) is 24.2 Å². The van der Waals surface area contributed by atoms with Gasteiger partial charge in [-0.25, -0.2) is 0 Å². The number of benzene rings is 1. The molecule has 1 nitrogen and oxygen atoms in total. The van der Waals surface area contributed by atoms with Crippen molar-refractivity contribution in [3.05, 3.63) is 46.5 Å². The number of hydrogen-bond acceptors (Lipinski definition) is 1. The van der Waals surface area contributed by atoms with Crippen molar-refractivity contribution in [1.29, 1.82) is 0 Å². The first-order valence-corrected chi connectivity index (χ1v) is 4.49. The second-order valence-corrected chi connectivity index (χ2v) is 3.69. The van der Waals surface area contributed by atoms with Crippen LogP contribution in [0.2, 0.25) is 5.02 Å². The maximum Gasteiger partial charge on any atom is 0.0998 e. The predicted molar refractivity (Wildman–Crippen MR) is 56.0 cm³/mol. The highest BCUT2D eigenvalue weighted by atomic mass is 35.5. The Kier molecular flexibility index (Phi) is 3.12. The van der Waals surface area contributed by atoms with Gasteiger partial charge in [-0.15, -0.1) is 0 Å². The highest BCUT2D eigenvalue weighted by molar-refractivity contribution is 6.30. The number of halogens is 1. The molecule has 0 heterocycles. The lowest BCUT2D eigenvalue weighted by Crippen LogP contribution is -2.00. The van der Waals surface area contributed by atoms with Crippen LogP contribution in [0, 0.1) is 6.92 Å². The molecule has 1 unspecified atom stereocenters. The Morgan fingerprint density at radius 2 is 2.15 bits per heavy atom. The zero-order chi connectivity index (χ0) is 10.0. The Morgan fingerprint density at radius 3 is 2.69 bits per heavy atom. The molecule has 0 bridgehead atoms. The fourth-order valence-corrected chi connectivity index (χ4v) is 1.35. The Balaban J connectivity index is 3.12. The molecule has 0 aromatic heterocycles. The van der Waals surface area contributed by atoms with E-state index in [2.05, 4.69) is 6.58 Å². The molecule has 0 aliphatic rings. The van der Waals surface area contributed by atoms with Gasteiger partial charge in [0, 0.05) is 5.02 Å². The van der Waals surface area contributed by atoms with Crippen molar-refractivity contribution in [3.63, 3.8) is 0 Å². The normalized spacial score (nSPS) is 12.6. The fourth-order valence-electron chi connectivity index (χ4n) is 1.17. The van der Waals surface area contributed by atoms with E-state index in [1.54, 1.807) is 13.0 Å². The molecule has 1 atom stereocenters. The van der Waals surface area contributed by atoms with E-state index in [-0.39, 0.29) is 0 Å². The van der Waals surface area contributed by atoms with Gasteiger partial charge < -0.3 is 5.11 Å². The van der Waals surface area contributed by atoms with E-state index in [1.807, 2.05) is 19.1 Å². The van der Waals surface area contributed by atoms with Crippen LogP contribution in [0.4, 0.5) is 0 Å². The molecule has 1 rings (SSSR count). The summed E-state index contributed by atoms with van der Waals surface area (Å²) in [5.41, 5.74) is 2.59. The molecule has 13 heavy (non-hydrogen) atoms. The second-order valence-electron chi connectivity index (χ2n) is 3.25. The van der Waals surface area contributed by atoms with Crippen molar-refractivity contribution in [2.45, 2.75) is 20.0 Å². The molecule has 2 heteroatoms. The van der Waals surface area contributed by atoms with Crippen molar-refractivity contribution in [2.24, 2.45) is 0 Å². The molecular formula is C11H13ClO. The lowest BCUT2D eigenvalue weighted by atomic mass is 9.99. The summed E-state index contributed by atoms with van der Waals surface area (Å²) >= 11 is 5.82. The minimum absolute atomic E-state index is 0.612. The van der Waals surface area contributed by atoms with Gasteiger partial charge in [0.1, 0.15) is 0 Å². The summed E-state index contributed by atoms with van der Waals surface area (Å²) in [4.78, 5) is 0. The van der Waals surface area contributed by atoms with Gasteiger partial charge in [0.15, 0.2) is 0 Å². The van der Waals surface area contributed by atoms with Gasteiger partial charge in [-0.3, -0.25) is 0 Å². The van der Waals surface area contributed by atoms with Gasteiger partial charge in [-0.2, -0.15) is 0 Å². The third-order valence-electron chi connectivity index (χ3n) is 2.00. The van der Waals surface area contributed by atoms with Crippen molar-refractivity contribution < 1.29 is 5.11 Å². The summed E-state index contributed by atoms with van der Waals surface area (Å²) in [6, 6.07) is 5.48. The molecule has 1 aromatic rings. The molecular weight excluding hydrogens is 184 g/mol. The highest BCUT2D eigenvalue weighted by Crippen LogP contribution is 2.25. The van der Waals surface area contributed by atoms with Gasteiger partial charge in [0.05, 0.1) is 6.10 Å². The summed E-state index contributed by atoms with van der Waals surface area (Å²) in [7, 11) is 0. The van der Waals surface area contributed by atoms with Gasteiger partial charge in [0.2, 0.25) is 0 Å². The van der Waals surface area contributed by atoms with Crippen LogP contribution < -0.4 is 0 Å². The molecule has 0 fully saturated rings. The van der Waals surface area contributed by atoms with Crippen molar-refractivity contribution in [2.75, 3.05) is 0 Å². The van der Waals surface area contributed by atoms with E-state index in [4.69, 9.17) is 11.6 Å². The van der Waals surface area contributed by atoms with Crippen molar-refractivity contribution in [1.82, 2.24) is 0 Å². The zero-order valence-corrected chi connectivity index (χ0v) is 8.60. The summed E-state index contributed by atoms with van der Waals surface area (Å²) in [6.07, 6.45) is -0.612. The fraction of sp³-hybridized carbons (Fsp3) is 0.273. The van der Waals surface area contributed by atoms with E-state index >= 15 is 0 Å². The summed E-state index contributed by atoms with van der Waals surface area (Å²) < 4.78 is 0. The maximum atomic E-state index is 9.74. The zero-order valence-electron chi connectivity index (χ0n) is 7.84. The third kappa shape index (κ3) is 2.33. The van der Waals surface area contributed by atoms with E-state index in [1.165, 1.54) is 0 Å². The molecule has 0 aliphatic heterocycles. The van der Waals surface area contributed by atoms with E-state index in [0.717, 1.165) is 16.7 Å². The molecule has 0 saturated carbocycles. The number of hydrogen-bond donors (Lipinski definition) is 1. The maximum absolute atomic E-state index is 9.74. The Morgan fingerprint density at radius 1 is 1.54 bits per heavy atom. The number of aliphatic hydroxyl groups is 1. The Bertz CT molecular complexity index is 331. The molecule has 70 valence electrons. The van der Waals surface area contributed by atoms with Gasteiger partial charge in [-0.1, -0.05) is 24.2 Å². The van der Waals surface area contributed by atoms with Gasteiger partial charge in [0.25, 0.3) is 0 Å². The minimum atomic E-state index is -0.612. The van der Waals surface area contributed by atoms with Crippen LogP contribution in [0.15, 0.2) is 30.4 Å². The summed E-state index contributed by atoms with van der Waals surface area (Å²) in [5, 5.41) is 10.4. The summed E-state index contributed by atoms with van der Waals surface area (Å²) in [5.74, 6) is 0. The first-order chi connectivity index (χ1) is 6.02. The first kappa shape index (κ1) is 10.3. The lowest BCUT2D eigenvalue weighted by Gasteiger charge is -2.13.